The van der Waals surface area contributed by atoms with Crippen LogP contribution in [0, 0.1) is 5.92 Å². The van der Waals surface area contributed by atoms with Gasteiger partial charge in [0, 0.05) is 30.9 Å². The second-order valence-electron chi connectivity index (χ2n) is 8.26. The summed E-state index contributed by atoms with van der Waals surface area (Å²) < 4.78 is 39.9. The number of hydrogen-bond acceptors (Lipinski definition) is 7. The van der Waals surface area contributed by atoms with Crippen LogP contribution in [0.15, 0.2) is 35.2 Å². The van der Waals surface area contributed by atoms with Crippen molar-refractivity contribution in [2.24, 2.45) is 5.92 Å². The molecule has 0 aliphatic carbocycles. The molecule has 3 heterocycles. The molecule has 1 fully saturated rings. The molecule has 1 atom stereocenters. The molecule has 0 amide bonds. The zero-order valence-electron chi connectivity index (χ0n) is 17.3. The third-order valence-electron chi connectivity index (χ3n) is 5.29. The smallest absolute Gasteiger partial charge is 0.264 e. The van der Waals surface area contributed by atoms with Crippen LogP contribution in [0.5, 0.6) is 5.88 Å². The van der Waals surface area contributed by atoms with E-state index in [0.29, 0.717) is 31.6 Å². The number of hydrogen-bond donors (Lipinski definition) is 2. The maximum Gasteiger partial charge on any atom is 0.264 e. The van der Waals surface area contributed by atoms with Gasteiger partial charge in [-0.3, -0.25) is 0 Å². The molecular weight excluding hydrogens is 404 g/mol. The van der Waals surface area contributed by atoms with E-state index in [-0.39, 0.29) is 22.8 Å². The van der Waals surface area contributed by atoms with Crippen LogP contribution in [0.2, 0.25) is 0 Å². The van der Waals surface area contributed by atoms with E-state index in [1.165, 1.54) is 0 Å². The number of nitrogens with zero attached hydrogens (tertiary/aromatic N) is 2. The highest BCUT2D eigenvalue weighted by Gasteiger charge is 2.23. The van der Waals surface area contributed by atoms with Crippen molar-refractivity contribution >= 4 is 21.7 Å². The van der Waals surface area contributed by atoms with E-state index in [9.17, 15) is 8.42 Å². The first-order chi connectivity index (χ1) is 14.4. The Morgan fingerprint density at radius 1 is 1.17 bits per heavy atom. The van der Waals surface area contributed by atoms with Gasteiger partial charge < -0.3 is 14.8 Å². The van der Waals surface area contributed by atoms with Gasteiger partial charge in [0.25, 0.3) is 10.0 Å². The Kier molecular flexibility index (Phi) is 6.10. The summed E-state index contributed by atoms with van der Waals surface area (Å²) in [6.45, 7) is 6.04. The number of fused-ring (bicyclic) bond motifs is 4. The fourth-order valence-electron chi connectivity index (χ4n) is 3.86. The van der Waals surface area contributed by atoms with Crippen LogP contribution in [-0.2, 0) is 14.8 Å². The topological polar surface area (TPSA) is 102 Å². The minimum absolute atomic E-state index is 0.0142. The monoisotopic (exact) mass is 432 g/mol. The van der Waals surface area contributed by atoms with Crippen LogP contribution in [-0.4, -0.2) is 44.2 Å². The summed E-state index contributed by atoms with van der Waals surface area (Å²) in [6.07, 6.45) is 2.55. The maximum atomic E-state index is 13.0. The Hall–Kier alpha value is -2.39. The number of rotatable bonds is 3. The summed E-state index contributed by atoms with van der Waals surface area (Å²) in [7, 11) is -3.83. The number of ether oxygens (including phenoxy) is 2. The van der Waals surface area contributed by atoms with Crippen LogP contribution in [0.4, 0.5) is 11.6 Å². The van der Waals surface area contributed by atoms with E-state index in [2.05, 4.69) is 33.9 Å². The molecule has 162 valence electrons. The predicted molar refractivity (Wildman–Crippen MR) is 114 cm³/mol. The van der Waals surface area contributed by atoms with Crippen LogP contribution in [0.1, 0.15) is 44.7 Å². The van der Waals surface area contributed by atoms with Crippen LogP contribution in [0.25, 0.3) is 0 Å². The van der Waals surface area contributed by atoms with Crippen molar-refractivity contribution in [1.82, 2.24) is 9.97 Å². The Bertz CT molecular complexity index is 990. The van der Waals surface area contributed by atoms with Gasteiger partial charge in [0.1, 0.15) is 6.61 Å². The number of benzene rings is 1. The molecule has 1 aromatic carbocycles. The van der Waals surface area contributed by atoms with Crippen molar-refractivity contribution < 1.29 is 17.9 Å². The molecule has 4 bridgehead atoms. The number of aromatic nitrogens is 2. The molecule has 4 rings (SSSR count). The summed E-state index contributed by atoms with van der Waals surface area (Å²) in [6, 6.07) is 8.61. The lowest BCUT2D eigenvalue weighted by Crippen LogP contribution is -2.29. The van der Waals surface area contributed by atoms with E-state index in [1.807, 2.05) is 12.1 Å². The van der Waals surface area contributed by atoms with Gasteiger partial charge in [0.2, 0.25) is 11.8 Å². The molecule has 1 saturated heterocycles. The summed E-state index contributed by atoms with van der Waals surface area (Å²) in [5, 5.41) is 3.41. The number of nitrogens with one attached hydrogen (secondary N) is 2. The lowest BCUT2D eigenvalue weighted by atomic mass is 9.96. The Morgan fingerprint density at radius 2 is 1.97 bits per heavy atom. The molecule has 0 unspecified atom stereocenters. The van der Waals surface area contributed by atoms with Gasteiger partial charge in [-0.15, -0.1) is 0 Å². The van der Waals surface area contributed by atoms with Crippen molar-refractivity contribution in [2.45, 2.75) is 50.0 Å². The van der Waals surface area contributed by atoms with Crippen molar-refractivity contribution in [2.75, 3.05) is 29.9 Å². The minimum Gasteiger partial charge on any atom is -0.475 e. The molecule has 2 aliphatic heterocycles. The van der Waals surface area contributed by atoms with Gasteiger partial charge in [0.05, 0.1) is 16.6 Å². The molecule has 1 aromatic heterocycles. The minimum atomic E-state index is -3.83. The summed E-state index contributed by atoms with van der Waals surface area (Å²) in [5.41, 5.74) is 1.51. The molecule has 0 spiro atoms. The summed E-state index contributed by atoms with van der Waals surface area (Å²) in [4.78, 5) is 9.00. The van der Waals surface area contributed by atoms with E-state index in [4.69, 9.17) is 9.47 Å². The second-order valence-corrected chi connectivity index (χ2v) is 9.94. The van der Waals surface area contributed by atoms with Crippen LogP contribution >= 0.6 is 0 Å². The highest BCUT2D eigenvalue weighted by Crippen LogP contribution is 2.29. The molecule has 30 heavy (non-hydrogen) atoms. The third kappa shape index (κ3) is 5.02. The second kappa shape index (κ2) is 8.77. The first kappa shape index (κ1) is 20.9. The third-order valence-corrected chi connectivity index (χ3v) is 6.62. The maximum absolute atomic E-state index is 13.0. The first-order valence-corrected chi connectivity index (χ1v) is 11.9. The van der Waals surface area contributed by atoms with Crippen LogP contribution < -0.4 is 14.8 Å². The predicted octanol–water partition coefficient (Wildman–Crippen LogP) is 3.39. The normalized spacial score (nSPS) is 21.5. The standard InChI is InChI=1S/C21H28N4O4S/c1-14(2)10-17-13-29-20-12-19(15-6-8-28-9-7-15)23-21(24-20)25-30(26,27)18-5-3-4-16(11-18)22-17/h3-5,11-12,14-15,17,22H,6-10,13H2,1-2H3,(H,23,24,25)/t17-/m1/s1. The van der Waals surface area contributed by atoms with Gasteiger partial charge in [-0.1, -0.05) is 19.9 Å². The average molecular weight is 433 g/mol. The van der Waals surface area contributed by atoms with Crippen molar-refractivity contribution in [3.8, 4) is 5.88 Å². The highest BCUT2D eigenvalue weighted by molar-refractivity contribution is 7.92. The fourth-order valence-corrected chi connectivity index (χ4v) is 4.85. The molecule has 8 nitrogen and oxygen atoms in total. The molecule has 0 radical (unpaired) electrons. The van der Waals surface area contributed by atoms with Crippen LogP contribution in [0.3, 0.4) is 0 Å². The zero-order chi connectivity index (χ0) is 21.1. The Morgan fingerprint density at radius 3 is 2.73 bits per heavy atom. The van der Waals surface area contributed by atoms with Gasteiger partial charge in [-0.05, 0) is 43.4 Å². The Balaban J connectivity index is 1.74. The van der Waals surface area contributed by atoms with E-state index in [0.717, 1.165) is 30.6 Å². The summed E-state index contributed by atoms with van der Waals surface area (Å²) >= 11 is 0. The quantitative estimate of drug-likeness (QED) is 0.766. The number of anilines is 2. The molecular formula is C21H28N4O4S. The average Bonchev–Trinajstić information content (AvgIpc) is 2.71. The van der Waals surface area contributed by atoms with Crippen molar-refractivity contribution in [1.29, 1.82) is 0 Å². The van der Waals surface area contributed by atoms with Crippen molar-refractivity contribution in [3.05, 3.63) is 36.0 Å². The SMILES string of the molecule is CC(C)C[C@@H]1COc2cc(C3CCOCC3)nc(n2)NS(=O)(=O)c2cccc(c2)N1. The molecule has 2 N–H and O–H groups in total. The van der Waals surface area contributed by atoms with E-state index >= 15 is 0 Å². The lowest BCUT2D eigenvalue weighted by molar-refractivity contribution is 0.0844. The van der Waals surface area contributed by atoms with Gasteiger partial charge in [0.15, 0.2) is 0 Å². The molecule has 2 aromatic rings. The van der Waals surface area contributed by atoms with E-state index < -0.39 is 10.0 Å². The summed E-state index contributed by atoms with van der Waals surface area (Å²) in [5.74, 6) is 1.05. The van der Waals surface area contributed by atoms with Gasteiger partial charge in [-0.25, -0.2) is 18.1 Å². The molecule has 9 heteroatoms. The molecule has 0 saturated carbocycles. The zero-order valence-corrected chi connectivity index (χ0v) is 18.1. The lowest BCUT2D eigenvalue weighted by Gasteiger charge is -2.25. The fraction of sp³-hybridized carbons (Fsp3) is 0.524. The molecule has 2 aliphatic rings. The van der Waals surface area contributed by atoms with Gasteiger partial charge in [-0.2, -0.15) is 4.98 Å². The number of sulfonamides is 1. The highest BCUT2D eigenvalue weighted by atomic mass is 32.2. The Labute approximate surface area is 177 Å². The van der Waals surface area contributed by atoms with Gasteiger partial charge >= 0.3 is 0 Å². The van der Waals surface area contributed by atoms with E-state index in [1.54, 1.807) is 18.2 Å². The largest absolute Gasteiger partial charge is 0.475 e. The first-order valence-electron chi connectivity index (χ1n) is 10.4. The van der Waals surface area contributed by atoms with Crippen molar-refractivity contribution in [3.63, 3.8) is 0 Å².